The zero-order valence-electron chi connectivity index (χ0n) is 16.9. The molecule has 0 spiro atoms. The second kappa shape index (κ2) is 6.82. The molecule has 154 valence electrons. The molecule has 1 aliphatic heterocycles. The van der Waals surface area contributed by atoms with Gasteiger partial charge in [0.25, 0.3) is 0 Å². The van der Waals surface area contributed by atoms with E-state index in [-0.39, 0.29) is 17.4 Å². The lowest BCUT2D eigenvalue weighted by Gasteiger charge is -2.31. The van der Waals surface area contributed by atoms with Crippen LogP contribution in [-0.2, 0) is 0 Å². The van der Waals surface area contributed by atoms with Gasteiger partial charge in [-0.1, -0.05) is 66.7 Å². The summed E-state index contributed by atoms with van der Waals surface area (Å²) in [6.45, 7) is 0. The first-order chi connectivity index (χ1) is 15.6. The number of rotatable bonds is 2. The van der Waals surface area contributed by atoms with E-state index in [1.165, 1.54) is 12.1 Å². The van der Waals surface area contributed by atoms with Crippen LogP contribution in [0.3, 0.4) is 0 Å². The van der Waals surface area contributed by atoms with Crippen LogP contribution in [0.15, 0.2) is 91.0 Å². The molecule has 5 aromatic carbocycles. The topological polar surface area (TPSA) is 72.6 Å². The van der Waals surface area contributed by atoms with Crippen molar-refractivity contribution >= 4 is 27.2 Å². The van der Waals surface area contributed by atoms with Gasteiger partial charge in [0.05, 0.1) is 4.92 Å². The number of phenols is 1. The second-order valence-electron chi connectivity index (χ2n) is 7.94. The number of nitro benzene ring substituents is 1. The maximum absolute atomic E-state index is 11.6. The van der Waals surface area contributed by atoms with Gasteiger partial charge in [-0.15, -0.1) is 0 Å². The van der Waals surface area contributed by atoms with Crippen molar-refractivity contribution in [2.75, 3.05) is 0 Å². The summed E-state index contributed by atoms with van der Waals surface area (Å²) in [7, 11) is 0. The van der Waals surface area contributed by atoms with Crippen LogP contribution >= 0.6 is 0 Å². The maximum Gasteiger partial charge on any atom is 0.310 e. The lowest BCUT2D eigenvalue weighted by Crippen LogP contribution is -2.13. The predicted octanol–water partition coefficient (Wildman–Crippen LogP) is 6.89. The number of ether oxygens (including phenoxy) is 1. The summed E-state index contributed by atoms with van der Waals surface area (Å²) in [6, 6.07) is 28.7. The van der Waals surface area contributed by atoms with Crippen molar-refractivity contribution in [2.45, 2.75) is 5.92 Å². The molecule has 0 amide bonds. The van der Waals surface area contributed by atoms with Crippen LogP contribution in [-0.4, -0.2) is 10.0 Å². The summed E-state index contributed by atoms with van der Waals surface area (Å²) in [5, 5.41) is 25.9. The standard InChI is InChI=1S/C27H17NO4/c29-22-12-9-18(15-21(22)28(30)31)25-26-19-7-3-1-5-16(19)10-13-23(26)32-24-14-11-17-6-2-4-8-20(17)27(24)25/h1-15,25,29H. The minimum absolute atomic E-state index is 0.301. The van der Waals surface area contributed by atoms with Crippen molar-refractivity contribution in [1.29, 1.82) is 0 Å². The third-order valence-electron chi connectivity index (χ3n) is 6.19. The predicted molar refractivity (Wildman–Crippen MR) is 124 cm³/mol. The molecule has 0 saturated carbocycles. The highest BCUT2D eigenvalue weighted by atomic mass is 16.6. The van der Waals surface area contributed by atoms with E-state index < -0.39 is 4.92 Å². The van der Waals surface area contributed by atoms with Crippen LogP contribution in [0.2, 0.25) is 0 Å². The molecule has 0 aliphatic carbocycles. The summed E-state index contributed by atoms with van der Waals surface area (Å²) in [5.41, 5.74) is 2.35. The van der Waals surface area contributed by atoms with Crippen molar-refractivity contribution in [3.05, 3.63) is 118 Å². The van der Waals surface area contributed by atoms with Gasteiger partial charge in [0.15, 0.2) is 5.75 Å². The van der Waals surface area contributed by atoms with E-state index in [1.54, 1.807) is 6.07 Å². The lowest BCUT2D eigenvalue weighted by molar-refractivity contribution is -0.385. The fraction of sp³-hybridized carbons (Fsp3) is 0.0370. The Labute approximate surface area is 183 Å². The highest BCUT2D eigenvalue weighted by Gasteiger charge is 2.33. The van der Waals surface area contributed by atoms with Crippen molar-refractivity contribution in [3.63, 3.8) is 0 Å². The highest BCUT2D eigenvalue weighted by Crippen LogP contribution is 2.52. The number of phenolic OH excluding ortho intramolecular Hbond substituents is 1. The van der Waals surface area contributed by atoms with Crippen LogP contribution in [0, 0.1) is 10.1 Å². The Hall–Kier alpha value is -4.38. The van der Waals surface area contributed by atoms with Crippen molar-refractivity contribution < 1.29 is 14.8 Å². The zero-order chi connectivity index (χ0) is 21.8. The van der Waals surface area contributed by atoms with E-state index in [4.69, 9.17) is 4.74 Å². The van der Waals surface area contributed by atoms with Gasteiger partial charge in [0.1, 0.15) is 11.5 Å². The molecule has 0 saturated heterocycles. The largest absolute Gasteiger partial charge is 0.502 e. The summed E-state index contributed by atoms with van der Waals surface area (Å²) >= 11 is 0. The quantitative estimate of drug-likeness (QED) is 0.245. The average molecular weight is 419 g/mol. The smallest absolute Gasteiger partial charge is 0.310 e. The molecule has 0 bridgehead atoms. The first kappa shape index (κ1) is 18.4. The third kappa shape index (κ3) is 2.65. The molecule has 0 fully saturated rings. The van der Waals surface area contributed by atoms with Crippen molar-refractivity contribution in [1.82, 2.24) is 0 Å². The number of nitrogens with zero attached hydrogens (tertiary/aromatic N) is 1. The molecular weight excluding hydrogens is 402 g/mol. The SMILES string of the molecule is O=[N+]([O-])c1cc(C2c3c(ccc4ccccc34)Oc3ccc4ccccc4c32)ccc1O. The van der Waals surface area contributed by atoms with Crippen molar-refractivity contribution in [2.24, 2.45) is 0 Å². The molecule has 6 rings (SSSR count). The fourth-order valence-electron chi connectivity index (χ4n) is 4.79. The van der Waals surface area contributed by atoms with E-state index in [2.05, 4.69) is 12.1 Å². The first-order valence-electron chi connectivity index (χ1n) is 10.3. The van der Waals surface area contributed by atoms with E-state index in [9.17, 15) is 15.2 Å². The number of hydrogen-bond acceptors (Lipinski definition) is 4. The monoisotopic (exact) mass is 419 g/mol. The van der Waals surface area contributed by atoms with Gasteiger partial charge in [0, 0.05) is 23.1 Å². The van der Waals surface area contributed by atoms with E-state index in [1.807, 2.05) is 60.7 Å². The van der Waals surface area contributed by atoms with Crippen molar-refractivity contribution in [3.8, 4) is 17.2 Å². The number of fused-ring (bicyclic) bond motifs is 6. The Balaban J connectivity index is 1.74. The molecule has 0 aromatic heterocycles. The molecule has 0 radical (unpaired) electrons. The summed E-state index contributed by atoms with van der Waals surface area (Å²) in [6.07, 6.45) is 0. The number of aromatic hydroxyl groups is 1. The first-order valence-corrected chi connectivity index (χ1v) is 10.3. The Morgan fingerprint density at radius 1 is 0.750 bits per heavy atom. The zero-order valence-corrected chi connectivity index (χ0v) is 16.9. The molecule has 0 unspecified atom stereocenters. The van der Waals surface area contributed by atoms with Gasteiger partial charge in [-0.25, -0.2) is 0 Å². The van der Waals surface area contributed by atoms with Gasteiger partial charge in [-0.05, 0) is 45.3 Å². The van der Waals surface area contributed by atoms with E-state index in [0.717, 1.165) is 49.7 Å². The summed E-state index contributed by atoms with van der Waals surface area (Å²) in [4.78, 5) is 11.0. The Bertz CT molecular complexity index is 1470. The Morgan fingerprint density at radius 2 is 1.31 bits per heavy atom. The van der Waals surface area contributed by atoms with Crippen LogP contribution < -0.4 is 4.74 Å². The Morgan fingerprint density at radius 3 is 1.88 bits per heavy atom. The van der Waals surface area contributed by atoms with Gasteiger partial charge in [-0.3, -0.25) is 10.1 Å². The minimum Gasteiger partial charge on any atom is -0.502 e. The Kier molecular flexibility index (Phi) is 3.92. The molecule has 5 aromatic rings. The van der Waals surface area contributed by atoms with Gasteiger partial charge >= 0.3 is 5.69 Å². The lowest BCUT2D eigenvalue weighted by atomic mass is 9.78. The van der Waals surface area contributed by atoms with Crippen LogP contribution in [0.1, 0.15) is 22.6 Å². The number of nitro groups is 1. The minimum atomic E-state index is -0.549. The summed E-state index contributed by atoms with van der Waals surface area (Å²) < 4.78 is 6.36. The maximum atomic E-state index is 11.6. The van der Waals surface area contributed by atoms with Crippen LogP contribution in [0.25, 0.3) is 21.5 Å². The van der Waals surface area contributed by atoms with E-state index >= 15 is 0 Å². The molecule has 5 heteroatoms. The van der Waals surface area contributed by atoms with Gasteiger partial charge in [0.2, 0.25) is 0 Å². The molecular formula is C27H17NO4. The molecule has 0 atom stereocenters. The third-order valence-corrected chi connectivity index (χ3v) is 6.19. The average Bonchev–Trinajstić information content (AvgIpc) is 2.82. The van der Waals surface area contributed by atoms with Crippen LogP contribution in [0.4, 0.5) is 5.69 Å². The molecule has 32 heavy (non-hydrogen) atoms. The second-order valence-corrected chi connectivity index (χ2v) is 7.94. The fourth-order valence-corrected chi connectivity index (χ4v) is 4.79. The number of hydrogen-bond donors (Lipinski definition) is 1. The van der Waals surface area contributed by atoms with Crippen LogP contribution in [0.5, 0.6) is 17.2 Å². The highest BCUT2D eigenvalue weighted by molar-refractivity contribution is 5.95. The number of benzene rings is 5. The van der Waals surface area contributed by atoms with E-state index in [0.29, 0.717) is 0 Å². The molecule has 1 N–H and O–H groups in total. The van der Waals surface area contributed by atoms with Gasteiger partial charge in [-0.2, -0.15) is 0 Å². The summed E-state index contributed by atoms with van der Waals surface area (Å²) in [5.74, 6) is 0.812. The normalized spacial score (nSPS) is 12.9. The molecule has 5 nitrogen and oxygen atoms in total. The molecule has 1 aliphatic rings. The van der Waals surface area contributed by atoms with Gasteiger partial charge < -0.3 is 9.84 Å². The molecule has 1 heterocycles.